The van der Waals surface area contributed by atoms with Crippen molar-refractivity contribution in [1.82, 2.24) is 4.98 Å². The Morgan fingerprint density at radius 2 is 1.82 bits per heavy atom. The van der Waals surface area contributed by atoms with Gasteiger partial charge in [0, 0.05) is 35.7 Å². The first-order valence-corrected chi connectivity index (χ1v) is 9.57. The summed E-state index contributed by atoms with van der Waals surface area (Å²) >= 11 is 0. The van der Waals surface area contributed by atoms with Crippen LogP contribution in [0.2, 0.25) is 0 Å². The number of aromatic nitrogens is 1. The van der Waals surface area contributed by atoms with Gasteiger partial charge in [0.1, 0.15) is 11.3 Å². The first-order valence-electron chi connectivity index (χ1n) is 9.57. The van der Waals surface area contributed by atoms with Crippen LogP contribution in [0.15, 0.2) is 66.1 Å². The van der Waals surface area contributed by atoms with Gasteiger partial charge in [-0.15, -0.1) is 0 Å². The monoisotopic (exact) mass is 449 g/mol. The molecule has 0 unspecified atom stereocenters. The molecule has 0 N–H and O–H groups in total. The van der Waals surface area contributed by atoms with E-state index in [2.05, 4.69) is 10.1 Å². The highest BCUT2D eigenvalue weighted by Gasteiger charge is 2.23. The normalized spacial score (nSPS) is 11.7. The number of esters is 1. The fourth-order valence-corrected chi connectivity index (χ4v) is 3.16. The number of nitro benzene ring substituents is 1. The van der Waals surface area contributed by atoms with E-state index in [1.807, 2.05) is 0 Å². The van der Waals surface area contributed by atoms with Crippen molar-refractivity contribution >= 4 is 39.7 Å². The molecule has 3 aromatic rings. The molecule has 0 saturated carbocycles. The molecule has 0 aliphatic heterocycles. The minimum Gasteiger partial charge on any atom is -0.503 e. The molecule has 3 rings (SSSR count). The van der Waals surface area contributed by atoms with Crippen LogP contribution >= 0.6 is 0 Å². The van der Waals surface area contributed by atoms with Gasteiger partial charge in [-0.25, -0.2) is 9.59 Å². The van der Waals surface area contributed by atoms with E-state index in [4.69, 9.17) is 14.3 Å². The molecule has 0 radical (unpaired) electrons. The summed E-state index contributed by atoms with van der Waals surface area (Å²) in [7, 11) is 2.61. The number of carbonyl (C=O) groups is 2. The highest BCUT2D eigenvalue weighted by molar-refractivity contribution is 6.22. The fraction of sp³-hybridized carbons (Fsp3) is 0.130. The lowest BCUT2D eigenvalue weighted by molar-refractivity contribution is -0.383. The van der Waals surface area contributed by atoms with E-state index in [1.165, 1.54) is 45.7 Å². The first-order chi connectivity index (χ1) is 15.9. The molecule has 1 aromatic heterocycles. The lowest BCUT2D eigenvalue weighted by Gasteiger charge is -2.13. The lowest BCUT2D eigenvalue weighted by atomic mass is 9.95. The zero-order valence-corrected chi connectivity index (χ0v) is 18.0. The van der Waals surface area contributed by atoms with Crippen LogP contribution in [-0.2, 0) is 23.9 Å². The summed E-state index contributed by atoms with van der Waals surface area (Å²) in [5.74, 6) is -1.35. The Labute approximate surface area is 188 Å². The summed E-state index contributed by atoms with van der Waals surface area (Å²) in [6.45, 7) is 1.18. The van der Waals surface area contributed by atoms with Gasteiger partial charge in [0.2, 0.25) is 0 Å². The molecule has 2 aromatic carbocycles. The third kappa shape index (κ3) is 5.01. The molecule has 0 amide bonds. The van der Waals surface area contributed by atoms with Crippen molar-refractivity contribution in [2.45, 2.75) is 6.92 Å². The molecular formula is C23H19N3O7. The second kappa shape index (κ2) is 10.1. The largest absolute Gasteiger partial charge is 0.503 e. The number of benzene rings is 2. The molecule has 0 saturated heterocycles. The van der Waals surface area contributed by atoms with E-state index in [1.54, 1.807) is 36.4 Å². The maximum Gasteiger partial charge on any atom is 0.341 e. The van der Waals surface area contributed by atoms with Crippen molar-refractivity contribution in [1.29, 1.82) is 0 Å². The zero-order valence-electron chi connectivity index (χ0n) is 18.0. The Kier molecular flexibility index (Phi) is 7.09. The molecule has 33 heavy (non-hydrogen) atoms. The van der Waals surface area contributed by atoms with Crippen molar-refractivity contribution in [3.63, 3.8) is 0 Å². The van der Waals surface area contributed by atoms with Gasteiger partial charge >= 0.3 is 11.9 Å². The van der Waals surface area contributed by atoms with E-state index >= 15 is 0 Å². The summed E-state index contributed by atoms with van der Waals surface area (Å²) in [5.41, 5.74) is 0.946. The van der Waals surface area contributed by atoms with Crippen LogP contribution in [0.4, 0.5) is 5.69 Å². The molecule has 0 fully saturated rings. The van der Waals surface area contributed by atoms with Crippen molar-refractivity contribution < 1.29 is 28.8 Å². The maximum absolute atomic E-state index is 12.4. The number of carbonyl (C=O) groups excluding carboxylic acids is 2. The summed E-state index contributed by atoms with van der Waals surface area (Å²) in [6, 6.07) is 12.7. The summed E-state index contributed by atoms with van der Waals surface area (Å²) < 4.78 is 9.90. The fourth-order valence-electron chi connectivity index (χ4n) is 3.16. The van der Waals surface area contributed by atoms with Gasteiger partial charge in [0.15, 0.2) is 0 Å². The Balaban J connectivity index is 2.29. The maximum atomic E-state index is 12.4. The van der Waals surface area contributed by atoms with Crippen molar-refractivity contribution in [2.75, 3.05) is 14.2 Å². The van der Waals surface area contributed by atoms with Gasteiger partial charge in [-0.3, -0.25) is 15.1 Å². The van der Waals surface area contributed by atoms with Crippen LogP contribution in [0.1, 0.15) is 23.7 Å². The molecule has 1 heterocycles. The van der Waals surface area contributed by atoms with E-state index < -0.39 is 16.9 Å². The highest BCUT2D eigenvalue weighted by Crippen LogP contribution is 2.28. The molecule has 0 bridgehead atoms. The third-order valence-corrected chi connectivity index (χ3v) is 4.56. The minimum absolute atomic E-state index is 0.0757. The molecule has 10 nitrogen and oxygen atoms in total. The molecule has 0 spiro atoms. The van der Waals surface area contributed by atoms with Gasteiger partial charge < -0.3 is 14.3 Å². The molecular weight excluding hydrogens is 430 g/mol. The number of methoxy groups -OCH3 is 2. The van der Waals surface area contributed by atoms with Gasteiger partial charge in [-0.2, -0.15) is 0 Å². The number of nitrogens with zero attached hydrogens (tertiary/aromatic N) is 3. The van der Waals surface area contributed by atoms with Crippen molar-refractivity contribution in [3.8, 4) is 0 Å². The number of oxime groups is 1. The lowest BCUT2D eigenvalue weighted by Crippen LogP contribution is -2.13. The minimum atomic E-state index is -0.683. The molecule has 0 aliphatic rings. The van der Waals surface area contributed by atoms with Crippen LogP contribution in [0, 0.1) is 10.1 Å². The van der Waals surface area contributed by atoms with Crippen molar-refractivity contribution in [3.05, 3.63) is 87.9 Å². The number of pyridine rings is 1. The van der Waals surface area contributed by atoms with Gasteiger partial charge in [-0.05, 0) is 6.07 Å². The number of nitro groups is 1. The Morgan fingerprint density at radius 1 is 1.09 bits per heavy atom. The van der Waals surface area contributed by atoms with Crippen molar-refractivity contribution in [2.24, 2.45) is 5.16 Å². The van der Waals surface area contributed by atoms with Crippen LogP contribution in [0.5, 0.6) is 0 Å². The molecule has 168 valence electrons. The van der Waals surface area contributed by atoms with Crippen LogP contribution in [0.25, 0.3) is 16.3 Å². The van der Waals surface area contributed by atoms with Crippen LogP contribution in [-0.4, -0.2) is 41.8 Å². The molecule has 10 heteroatoms. The van der Waals surface area contributed by atoms with Crippen LogP contribution in [0.3, 0.4) is 0 Å². The smallest absolute Gasteiger partial charge is 0.341 e. The average molecular weight is 449 g/mol. The van der Waals surface area contributed by atoms with Crippen LogP contribution < -0.4 is 0 Å². The van der Waals surface area contributed by atoms with Gasteiger partial charge in [-0.1, -0.05) is 41.6 Å². The standard InChI is InChI=1S/C23H19N3O7/c1-14(27)33-25-22(17-9-5-4-8-16(17)19(13-31-2)23(28)32-3)20-11-18-15(12-24-20)7-6-10-21(18)26(29)30/h4-13H,1-3H3. The van der Waals surface area contributed by atoms with Gasteiger partial charge in [0.05, 0.1) is 36.5 Å². The summed E-state index contributed by atoms with van der Waals surface area (Å²) in [4.78, 5) is 44.2. The number of hydrogen-bond acceptors (Lipinski definition) is 9. The Bertz CT molecular complexity index is 1300. The summed E-state index contributed by atoms with van der Waals surface area (Å²) in [6.07, 6.45) is 2.67. The second-order valence-corrected chi connectivity index (χ2v) is 6.65. The number of rotatable bonds is 7. The predicted molar refractivity (Wildman–Crippen MR) is 119 cm³/mol. The zero-order chi connectivity index (χ0) is 24.0. The van der Waals surface area contributed by atoms with E-state index in [9.17, 15) is 19.7 Å². The second-order valence-electron chi connectivity index (χ2n) is 6.65. The number of non-ortho nitro benzene ring substituents is 1. The Morgan fingerprint density at radius 3 is 2.45 bits per heavy atom. The average Bonchev–Trinajstić information content (AvgIpc) is 2.81. The first kappa shape index (κ1) is 23.1. The number of ether oxygens (including phenoxy) is 2. The SMILES string of the molecule is COC=C(C(=O)OC)c1ccccc1C(=NOC(C)=O)c1cc2c([N+](=O)[O-])cccc2cn1. The summed E-state index contributed by atoms with van der Waals surface area (Å²) in [5, 5.41) is 16.3. The van der Waals surface area contributed by atoms with E-state index in [0.29, 0.717) is 21.9 Å². The van der Waals surface area contributed by atoms with E-state index in [-0.39, 0.29) is 22.7 Å². The Hall–Kier alpha value is -4.60. The molecule has 0 aliphatic carbocycles. The quantitative estimate of drug-likeness (QED) is 0.102. The highest BCUT2D eigenvalue weighted by atomic mass is 16.7. The predicted octanol–water partition coefficient (Wildman–Crippen LogP) is 3.62. The topological polar surface area (TPSA) is 130 Å². The molecule has 0 atom stereocenters. The van der Waals surface area contributed by atoms with Gasteiger partial charge in [0.25, 0.3) is 5.69 Å². The van der Waals surface area contributed by atoms with E-state index in [0.717, 1.165) is 0 Å². The third-order valence-electron chi connectivity index (χ3n) is 4.56. The number of hydrogen-bond donors (Lipinski definition) is 0. The number of fused-ring (bicyclic) bond motifs is 1.